The van der Waals surface area contributed by atoms with Gasteiger partial charge in [-0.05, 0) is 32.4 Å². The Labute approximate surface area is 134 Å². The molecule has 0 amide bonds. The number of nitrogens with one attached hydrogen (secondary N) is 1. The van der Waals surface area contributed by atoms with Crippen molar-refractivity contribution in [3.63, 3.8) is 0 Å². The highest BCUT2D eigenvalue weighted by Crippen LogP contribution is 2.38. The van der Waals surface area contributed by atoms with Crippen molar-refractivity contribution in [1.29, 1.82) is 0 Å². The molecule has 0 aliphatic heterocycles. The zero-order valence-corrected chi connectivity index (χ0v) is 13.7. The summed E-state index contributed by atoms with van der Waals surface area (Å²) < 4.78 is 57.6. The molecule has 0 aromatic heterocycles. The zero-order chi connectivity index (χ0) is 18.0. The molecule has 1 N–H and O–H groups in total. The Hall–Kier alpha value is -1.52. The molecule has 2 atom stereocenters. The second-order valence-corrected chi connectivity index (χ2v) is 7.66. The molecule has 1 aromatic carbocycles. The molecular formula is C13H17F3N2O4S. The number of hydrogen-bond acceptors (Lipinski definition) is 5. The van der Waals surface area contributed by atoms with E-state index in [4.69, 9.17) is 4.74 Å². The lowest BCUT2D eigenvalue weighted by Crippen LogP contribution is -2.45. The van der Waals surface area contributed by atoms with Gasteiger partial charge in [0.25, 0.3) is 0 Å². The molecule has 6 nitrogen and oxygen atoms in total. The van der Waals surface area contributed by atoms with Crippen LogP contribution in [0.2, 0.25) is 0 Å². The van der Waals surface area contributed by atoms with E-state index in [0.717, 1.165) is 18.2 Å². The van der Waals surface area contributed by atoms with Gasteiger partial charge in [-0.1, -0.05) is 6.07 Å². The van der Waals surface area contributed by atoms with E-state index >= 15 is 0 Å². The normalized spacial score (nSPS) is 15.1. The van der Waals surface area contributed by atoms with Gasteiger partial charge in [0.1, 0.15) is 4.75 Å². The predicted octanol–water partition coefficient (Wildman–Crippen LogP) is 3.26. The Morgan fingerprint density at radius 1 is 1.30 bits per heavy atom. The topological polar surface area (TPSA) is 87.5 Å². The van der Waals surface area contributed by atoms with Crippen LogP contribution in [0, 0.1) is 10.1 Å². The number of alkyl halides is 3. The maximum Gasteiger partial charge on any atom is 0.412 e. The lowest BCUT2D eigenvalue weighted by atomic mass is 10.1. The van der Waals surface area contributed by atoms with Gasteiger partial charge in [0.2, 0.25) is 0 Å². The monoisotopic (exact) mass is 354 g/mol. The van der Waals surface area contributed by atoms with Gasteiger partial charge in [0, 0.05) is 17.4 Å². The van der Waals surface area contributed by atoms with Gasteiger partial charge < -0.3 is 9.29 Å². The van der Waals surface area contributed by atoms with Crippen LogP contribution in [0.25, 0.3) is 0 Å². The number of hydrogen-bond donors (Lipinski definition) is 1. The van der Waals surface area contributed by atoms with Gasteiger partial charge >= 0.3 is 11.9 Å². The SMILES string of the molecule is COc1ccc([C@@H](N[S@@+]([O-])C(C)(C)C)C(F)(F)F)cc1[N+](=O)[O-]. The van der Waals surface area contributed by atoms with Crippen molar-refractivity contribution in [1.82, 2.24) is 4.72 Å². The molecule has 0 heterocycles. The Kier molecular flexibility index (Phi) is 5.89. The molecule has 0 spiro atoms. The average Bonchev–Trinajstić information content (AvgIpc) is 2.41. The van der Waals surface area contributed by atoms with Crippen LogP contribution in [0.5, 0.6) is 5.75 Å². The molecular weight excluding hydrogens is 337 g/mol. The summed E-state index contributed by atoms with van der Waals surface area (Å²) in [4.78, 5) is 10.1. The maximum atomic E-state index is 13.3. The van der Waals surface area contributed by atoms with Crippen molar-refractivity contribution >= 4 is 17.0 Å². The highest BCUT2D eigenvalue weighted by atomic mass is 32.2. The molecule has 0 aliphatic rings. The van der Waals surface area contributed by atoms with Crippen molar-refractivity contribution in [3.8, 4) is 5.75 Å². The highest BCUT2D eigenvalue weighted by molar-refractivity contribution is 7.90. The molecule has 0 saturated carbocycles. The molecule has 130 valence electrons. The highest BCUT2D eigenvalue weighted by Gasteiger charge is 2.46. The van der Waals surface area contributed by atoms with Crippen LogP contribution >= 0.6 is 0 Å². The largest absolute Gasteiger partial charge is 0.598 e. The van der Waals surface area contributed by atoms with Crippen LogP contribution < -0.4 is 9.46 Å². The summed E-state index contributed by atoms with van der Waals surface area (Å²) in [6.45, 7) is 4.54. The lowest BCUT2D eigenvalue weighted by Gasteiger charge is -2.29. The third-order valence-electron chi connectivity index (χ3n) is 2.84. The number of nitro groups is 1. The molecule has 0 aliphatic carbocycles. The van der Waals surface area contributed by atoms with Gasteiger partial charge in [0.15, 0.2) is 11.8 Å². The number of rotatable bonds is 5. The predicted molar refractivity (Wildman–Crippen MR) is 79.5 cm³/mol. The van der Waals surface area contributed by atoms with Crippen LogP contribution in [-0.2, 0) is 11.4 Å². The fraction of sp³-hybridized carbons (Fsp3) is 0.538. The summed E-state index contributed by atoms with van der Waals surface area (Å²) in [6.07, 6.45) is -4.77. The first kappa shape index (κ1) is 19.5. The lowest BCUT2D eigenvalue weighted by molar-refractivity contribution is -0.385. The number of halogens is 3. The maximum absolute atomic E-state index is 13.3. The second kappa shape index (κ2) is 6.93. The van der Waals surface area contributed by atoms with E-state index in [2.05, 4.69) is 0 Å². The first-order valence-electron chi connectivity index (χ1n) is 6.45. The second-order valence-electron chi connectivity index (χ2n) is 5.66. The third kappa shape index (κ3) is 4.98. The minimum absolute atomic E-state index is 0.156. The number of nitro benzene ring substituents is 1. The molecule has 0 unspecified atom stereocenters. The summed E-state index contributed by atoms with van der Waals surface area (Å²) in [5, 5.41) is 11.0. The van der Waals surface area contributed by atoms with Gasteiger partial charge in [-0.15, -0.1) is 4.72 Å². The van der Waals surface area contributed by atoms with Crippen LogP contribution in [0.1, 0.15) is 32.4 Å². The van der Waals surface area contributed by atoms with Crippen molar-refractivity contribution in [2.24, 2.45) is 0 Å². The molecule has 1 aromatic rings. The first-order chi connectivity index (χ1) is 10.4. The van der Waals surface area contributed by atoms with E-state index in [-0.39, 0.29) is 5.75 Å². The van der Waals surface area contributed by atoms with E-state index in [0.29, 0.717) is 0 Å². The average molecular weight is 354 g/mol. The van der Waals surface area contributed by atoms with Crippen LogP contribution in [-0.4, -0.2) is 27.5 Å². The molecule has 0 saturated heterocycles. The number of nitrogens with zero attached hydrogens (tertiary/aromatic N) is 1. The van der Waals surface area contributed by atoms with E-state index in [1.54, 1.807) is 0 Å². The summed E-state index contributed by atoms with van der Waals surface area (Å²) in [5.41, 5.74) is -1.01. The van der Waals surface area contributed by atoms with Crippen LogP contribution in [0.15, 0.2) is 18.2 Å². The minimum Gasteiger partial charge on any atom is -0.598 e. The van der Waals surface area contributed by atoms with E-state index in [9.17, 15) is 27.8 Å². The van der Waals surface area contributed by atoms with E-state index in [1.807, 2.05) is 4.72 Å². The van der Waals surface area contributed by atoms with Crippen LogP contribution in [0.3, 0.4) is 0 Å². The molecule has 0 fully saturated rings. The van der Waals surface area contributed by atoms with E-state index < -0.39 is 44.5 Å². The summed E-state index contributed by atoms with van der Waals surface area (Å²) in [7, 11) is 1.18. The molecule has 1 rings (SSSR count). The van der Waals surface area contributed by atoms with Crippen molar-refractivity contribution in [2.45, 2.75) is 37.7 Å². The Bertz CT molecular complexity index is 575. The molecule has 10 heteroatoms. The van der Waals surface area contributed by atoms with Crippen LogP contribution in [0.4, 0.5) is 18.9 Å². The molecule has 0 radical (unpaired) electrons. The zero-order valence-electron chi connectivity index (χ0n) is 12.9. The third-order valence-corrected chi connectivity index (χ3v) is 4.40. The fourth-order valence-electron chi connectivity index (χ4n) is 1.64. The van der Waals surface area contributed by atoms with Crippen molar-refractivity contribution < 1.29 is 27.4 Å². The molecule has 0 bridgehead atoms. The van der Waals surface area contributed by atoms with Gasteiger partial charge in [-0.25, -0.2) is 0 Å². The Morgan fingerprint density at radius 3 is 2.26 bits per heavy atom. The van der Waals surface area contributed by atoms with Gasteiger partial charge in [-0.3, -0.25) is 10.1 Å². The summed E-state index contributed by atoms with van der Waals surface area (Å²) in [6, 6.07) is 0.598. The first-order valence-corrected chi connectivity index (χ1v) is 7.60. The van der Waals surface area contributed by atoms with Crippen molar-refractivity contribution in [3.05, 3.63) is 33.9 Å². The van der Waals surface area contributed by atoms with Gasteiger partial charge in [0.05, 0.1) is 12.0 Å². The molecule has 23 heavy (non-hydrogen) atoms. The number of benzene rings is 1. The van der Waals surface area contributed by atoms with Gasteiger partial charge in [-0.2, -0.15) is 13.2 Å². The minimum atomic E-state index is -4.77. The quantitative estimate of drug-likeness (QED) is 0.498. The summed E-state index contributed by atoms with van der Waals surface area (Å²) in [5.74, 6) is -0.156. The van der Waals surface area contributed by atoms with Crippen molar-refractivity contribution in [2.75, 3.05) is 7.11 Å². The fourth-order valence-corrected chi connectivity index (χ4v) is 2.47. The smallest absolute Gasteiger partial charge is 0.412 e. The number of ether oxygens (including phenoxy) is 1. The Balaban J connectivity index is 3.29. The standard InChI is InChI=1S/C13H17F3N2O4S/c1-12(2,3)23(21)17-11(13(14,15)16)8-5-6-10(22-4)9(7-8)18(19)20/h5-7,11,17H,1-4H3/t11-,23+/m1/s1. The Morgan fingerprint density at radius 2 is 1.87 bits per heavy atom. The number of methoxy groups -OCH3 is 1. The van der Waals surface area contributed by atoms with E-state index in [1.165, 1.54) is 27.9 Å². The summed E-state index contributed by atoms with van der Waals surface area (Å²) >= 11 is -2.01.